The normalized spacial score (nSPS) is 10.5. The van der Waals surface area contributed by atoms with Gasteiger partial charge in [-0.25, -0.2) is 18.7 Å². The Morgan fingerprint density at radius 2 is 1.78 bits per heavy atom. The van der Waals surface area contributed by atoms with Gasteiger partial charge < -0.3 is 10.2 Å². The molecule has 0 aliphatic rings. The van der Waals surface area contributed by atoms with Crippen LogP contribution in [-0.4, -0.2) is 34.5 Å². The van der Waals surface area contributed by atoms with E-state index in [4.69, 9.17) is 0 Å². The number of likely N-dealkylation sites (N-methyl/N-ethyl adjacent to an activating group) is 1. The summed E-state index contributed by atoms with van der Waals surface area (Å²) in [6.07, 6.45) is 7.07. The molecule has 1 aromatic carbocycles. The van der Waals surface area contributed by atoms with Crippen LogP contribution in [0.25, 0.3) is 0 Å². The molecule has 0 aliphatic heterocycles. The summed E-state index contributed by atoms with van der Waals surface area (Å²) in [5.41, 5.74) is 1.52. The van der Waals surface area contributed by atoms with Gasteiger partial charge in [0.25, 0.3) is 5.91 Å². The van der Waals surface area contributed by atoms with E-state index in [0.717, 1.165) is 24.1 Å². The summed E-state index contributed by atoms with van der Waals surface area (Å²) in [7, 11) is 1.86. The number of hydrogen-bond donors (Lipinski definition) is 1. The first kappa shape index (κ1) is 18.4. The molecule has 0 aliphatic carbocycles. The number of aromatic nitrogens is 3. The van der Waals surface area contributed by atoms with Gasteiger partial charge in [0.1, 0.15) is 0 Å². The monoisotopic (exact) mass is 369 g/mol. The average Bonchev–Trinajstić information content (AvgIpc) is 2.70. The molecule has 2 heterocycles. The van der Waals surface area contributed by atoms with Crippen molar-refractivity contribution in [3.8, 4) is 0 Å². The van der Waals surface area contributed by atoms with Crippen LogP contribution in [0.5, 0.6) is 0 Å². The Kier molecular flexibility index (Phi) is 5.65. The first-order valence-electron chi connectivity index (χ1n) is 8.21. The van der Waals surface area contributed by atoms with Crippen molar-refractivity contribution in [2.24, 2.45) is 0 Å². The Hall–Kier alpha value is -3.42. The van der Waals surface area contributed by atoms with Gasteiger partial charge in [-0.15, -0.1) is 0 Å². The molecule has 0 radical (unpaired) electrons. The van der Waals surface area contributed by atoms with Gasteiger partial charge in [-0.3, -0.25) is 9.78 Å². The zero-order valence-electron chi connectivity index (χ0n) is 14.6. The lowest BCUT2D eigenvalue weighted by molar-refractivity contribution is 0.102. The average molecular weight is 369 g/mol. The molecule has 6 nitrogen and oxygen atoms in total. The van der Waals surface area contributed by atoms with Gasteiger partial charge >= 0.3 is 0 Å². The van der Waals surface area contributed by atoms with Crippen LogP contribution in [0.3, 0.4) is 0 Å². The zero-order chi connectivity index (χ0) is 19.2. The SMILES string of the molecule is CN(CCc1ccncc1)c1ncc(C(=O)Nc2ccc(F)c(F)c2)cn1. The minimum absolute atomic E-state index is 0.150. The van der Waals surface area contributed by atoms with E-state index in [-0.39, 0.29) is 11.3 Å². The van der Waals surface area contributed by atoms with Crippen LogP contribution in [0, 0.1) is 11.6 Å². The fraction of sp³-hybridized carbons (Fsp3) is 0.158. The maximum absolute atomic E-state index is 13.2. The van der Waals surface area contributed by atoms with E-state index in [9.17, 15) is 13.6 Å². The minimum Gasteiger partial charge on any atom is -0.344 e. The Balaban J connectivity index is 1.60. The second-order valence-electron chi connectivity index (χ2n) is 5.88. The zero-order valence-corrected chi connectivity index (χ0v) is 14.6. The molecule has 0 saturated carbocycles. The number of pyridine rings is 1. The van der Waals surface area contributed by atoms with Crippen LogP contribution in [0.2, 0.25) is 0 Å². The molecule has 8 heteroatoms. The van der Waals surface area contributed by atoms with Crippen molar-refractivity contribution in [3.63, 3.8) is 0 Å². The van der Waals surface area contributed by atoms with Gasteiger partial charge in [-0.2, -0.15) is 0 Å². The van der Waals surface area contributed by atoms with E-state index in [0.29, 0.717) is 12.5 Å². The summed E-state index contributed by atoms with van der Waals surface area (Å²) < 4.78 is 26.1. The maximum Gasteiger partial charge on any atom is 0.258 e. The lowest BCUT2D eigenvalue weighted by Gasteiger charge is -2.16. The molecule has 138 valence electrons. The Morgan fingerprint density at radius 3 is 2.44 bits per heavy atom. The second kappa shape index (κ2) is 8.31. The lowest BCUT2D eigenvalue weighted by atomic mass is 10.2. The highest BCUT2D eigenvalue weighted by atomic mass is 19.2. The number of hydrogen-bond acceptors (Lipinski definition) is 5. The predicted octanol–water partition coefficient (Wildman–Crippen LogP) is 3.08. The predicted molar refractivity (Wildman–Crippen MR) is 97.6 cm³/mol. The van der Waals surface area contributed by atoms with Gasteiger partial charge in [0, 0.05) is 50.1 Å². The number of anilines is 2. The van der Waals surface area contributed by atoms with Gasteiger partial charge in [0.15, 0.2) is 11.6 Å². The van der Waals surface area contributed by atoms with Crippen molar-refractivity contribution in [3.05, 3.63) is 77.9 Å². The van der Waals surface area contributed by atoms with E-state index >= 15 is 0 Å². The third-order valence-electron chi connectivity index (χ3n) is 3.90. The van der Waals surface area contributed by atoms with Gasteiger partial charge in [0.2, 0.25) is 5.95 Å². The molecular weight excluding hydrogens is 352 g/mol. The number of amides is 1. The molecule has 1 amide bonds. The summed E-state index contributed by atoms with van der Waals surface area (Å²) in [5, 5.41) is 2.48. The summed E-state index contributed by atoms with van der Waals surface area (Å²) in [4.78, 5) is 26.4. The van der Waals surface area contributed by atoms with Gasteiger partial charge in [-0.05, 0) is 36.2 Å². The number of carbonyl (C=O) groups excluding carboxylic acids is 1. The highest BCUT2D eigenvalue weighted by molar-refractivity contribution is 6.03. The van der Waals surface area contributed by atoms with E-state index in [2.05, 4.69) is 20.3 Å². The fourth-order valence-electron chi connectivity index (χ4n) is 2.36. The molecule has 1 N–H and O–H groups in total. The summed E-state index contributed by atoms with van der Waals surface area (Å²) >= 11 is 0. The van der Waals surface area contributed by atoms with E-state index < -0.39 is 17.5 Å². The number of benzene rings is 1. The summed E-state index contributed by atoms with van der Waals surface area (Å²) in [6, 6.07) is 7.02. The van der Waals surface area contributed by atoms with E-state index in [1.807, 2.05) is 24.1 Å². The third kappa shape index (κ3) is 4.81. The van der Waals surface area contributed by atoms with Crippen molar-refractivity contribution in [2.45, 2.75) is 6.42 Å². The van der Waals surface area contributed by atoms with Crippen LogP contribution in [0.1, 0.15) is 15.9 Å². The highest BCUT2D eigenvalue weighted by Crippen LogP contribution is 2.14. The molecular formula is C19H17F2N5O. The maximum atomic E-state index is 13.2. The molecule has 0 bridgehead atoms. The third-order valence-corrected chi connectivity index (χ3v) is 3.90. The van der Waals surface area contributed by atoms with Crippen LogP contribution in [-0.2, 0) is 6.42 Å². The quantitative estimate of drug-likeness (QED) is 0.723. The lowest BCUT2D eigenvalue weighted by Crippen LogP contribution is -2.23. The van der Waals surface area contributed by atoms with Crippen molar-refractivity contribution in [1.82, 2.24) is 15.0 Å². The van der Waals surface area contributed by atoms with Crippen LogP contribution in [0.4, 0.5) is 20.4 Å². The molecule has 27 heavy (non-hydrogen) atoms. The molecule has 0 fully saturated rings. The van der Waals surface area contributed by atoms with Crippen LogP contribution in [0.15, 0.2) is 55.1 Å². The fourth-order valence-corrected chi connectivity index (χ4v) is 2.36. The van der Waals surface area contributed by atoms with E-state index in [1.54, 1.807) is 12.4 Å². The molecule has 0 unspecified atom stereocenters. The molecule has 0 saturated heterocycles. The first-order valence-corrected chi connectivity index (χ1v) is 8.21. The molecule has 0 atom stereocenters. The van der Waals surface area contributed by atoms with Crippen molar-refractivity contribution < 1.29 is 13.6 Å². The summed E-state index contributed by atoms with van der Waals surface area (Å²) in [6.45, 7) is 0.699. The number of rotatable bonds is 6. The van der Waals surface area contributed by atoms with Crippen molar-refractivity contribution in [1.29, 1.82) is 0 Å². The van der Waals surface area contributed by atoms with E-state index in [1.165, 1.54) is 18.5 Å². The number of carbonyl (C=O) groups is 1. The molecule has 2 aromatic heterocycles. The Morgan fingerprint density at radius 1 is 1.07 bits per heavy atom. The number of halogens is 2. The van der Waals surface area contributed by atoms with Crippen molar-refractivity contribution in [2.75, 3.05) is 23.8 Å². The Labute approximate surface area is 154 Å². The van der Waals surface area contributed by atoms with Crippen LogP contribution >= 0.6 is 0 Å². The number of nitrogens with one attached hydrogen (secondary N) is 1. The molecule has 3 aromatic rings. The molecule has 3 rings (SSSR count). The minimum atomic E-state index is -1.03. The highest BCUT2D eigenvalue weighted by Gasteiger charge is 2.11. The number of nitrogens with zero attached hydrogens (tertiary/aromatic N) is 4. The summed E-state index contributed by atoms with van der Waals surface area (Å²) in [5.74, 6) is -2.04. The standard InChI is InChI=1S/C19H17F2N5O/c1-26(9-6-13-4-7-22-8-5-13)19-23-11-14(12-24-19)18(27)25-15-2-3-16(20)17(21)10-15/h2-5,7-8,10-12H,6,9H2,1H3,(H,25,27). The second-order valence-corrected chi connectivity index (χ2v) is 5.88. The topological polar surface area (TPSA) is 71.0 Å². The molecule has 0 spiro atoms. The van der Waals surface area contributed by atoms with Gasteiger partial charge in [0.05, 0.1) is 5.56 Å². The van der Waals surface area contributed by atoms with Crippen molar-refractivity contribution >= 4 is 17.5 Å². The first-order chi connectivity index (χ1) is 13.0. The Bertz CT molecular complexity index is 919. The van der Waals surface area contributed by atoms with Gasteiger partial charge in [-0.1, -0.05) is 0 Å². The smallest absolute Gasteiger partial charge is 0.258 e. The largest absolute Gasteiger partial charge is 0.344 e. The van der Waals surface area contributed by atoms with Crippen LogP contribution < -0.4 is 10.2 Å².